The Morgan fingerprint density at radius 3 is 3.00 bits per heavy atom. The van der Waals surface area contributed by atoms with Gasteiger partial charge in [-0.15, -0.1) is 0 Å². The van der Waals surface area contributed by atoms with Gasteiger partial charge in [0.2, 0.25) is 6.29 Å². The van der Waals surface area contributed by atoms with Crippen molar-refractivity contribution in [3.05, 3.63) is 12.3 Å². The summed E-state index contributed by atoms with van der Waals surface area (Å²) < 4.78 is 17.2. The van der Waals surface area contributed by atoms with Crippen LogP contribution in [0.1, 0.15) is 51.4 Å². The van der Waals surface area contributed by atoms with Crippen molar-refractivity contribution in [3.63, 3.8) is 0 Å². The van der Waals surface area contributed by atoms with Gasteiger partial charge in [0.15, 0.2) is 0 Å². The predicted molar refractivity (Wildman–Crippen MR) is 71.6 cm³/mol. The van der Waals surface area contributed by atoms with Crippen molar-refractivity contribution in [2.75, 3.05) is 6.61 Å². The molecule has 0 aromatic heterocycles. The number of carbonyl (C=O) groups excluding carboxylic acids is 1. The van der Waals surface area contributed by atoms with Crippen LogP contribution in [0.25, 0.3) is 0 Å². The first-order valence-electron chi connectivity index (χ1n) is 7.91. The zero-order valence-corrected chi connectivity index (χ0v) is 11.8. The van der Waals surface area contributed by atoms with Crippen LogP contribution in [0.4, 0.5) is 0 Å². The molecule has 2 bridgehead atoms. The van der Waals surface area contributed by atoms with E-state index < -0.39 is 0 Å². The fourth-order valence-electron chi connectivity index (χ4n) is 4.22. The SMILES string of the molecule is O=C(OCC[C@@]12CCCC[C@@]13C=CO[C@@H](C2)O3)C1CC1. The topological polar surface area (TPSA) is 44.8 Å². The van der Waals surface area contributed by atoms with E-state index in [2.05, 4.69) is 6.08 Å². The van der Waals surface area contributed by atoms with Gasteiger partial charge in [-0.2, -0.15) is 0 Å². The van der Waals surface area contributed by atoms with Gasteiger partial charge >= 0.3 is 5.97 Å². The van der Waals surface area contributed by atoms with Crippen molar-refractivity contribution in [1.29, 1.82) is 0 Å². The summed E-state index contributed by atoms with van der Waals surface area (Å²) in [5.41, 5.74) is -0.0626. The van der Waals surface area contributed by atoms with E-state index in [0.29, 0.717) is 6.61 Å². The maximum atomic E-state index is 11.7. The second kappa shape index (κ2) is 4.48. The largest absolute Gasteiger partial charge is 0.473 e. The molecule has 2 heterocycles. The average Bonchev–Trinajstić information content (AvgIpc) is 3.24. The summed E-state index contributed by atoms with van der Waals surface area (Å²) in [4.78, 5) is 11.7. The number of hydrogen-bond donors (Lipinski definition) is 0. The standard InChI is InChI=1S/C16H22O4/c17-14(12-3-4-12)19-9-7-15-5-1-2-6-16(15)8-10-18-13(11-15)20-16/h8,10,12-13H,1-7,9,11H2/t13-,15-,16-/m1/s1. The van der Waals surface area contributed by atoms with E-state index >= 15 is 0 Å². The third-order valence-electron chi connectivity index (χ3n) is 5.55. The number of esters is 1. The van der Waals surface area contributed by atoms with Gasteiger partial charge in [0.1, 0.15) is 0 Å². The Morgan fingerprint density at radius 1 is 1.30 bits per heavy atom. The molecule has 4 heteroatoms. The number of ether oxygens (including phenoxy) is 3. The Hall–Kier alpha value is -1.03. The van der Waals surface area contributed by atoms with Gasteiger partial charge in [-0.05, 0) is 38.2 Å². The molecule has 0 amide bonds. The fourth-order valence-corrected chi connectivity index (χ4v) is 4.22. The van der Waals surface area contributed by atoms with Crippen LogP contribution in [-0.2, 0) is 19.0 Å². The smallest absolute Gasteiger partial charge is 0.308 e. The van der Waals surface area contributed by atoms with Crippen LogP contribution < -0.4 is 0 Å². The highest BCUT2D eigenvalue weighted by molar-refractivity contribution is 5.74. The maximum Gasteiger partial charge on any atom is 0.308 e. The molecule has 4 nitrogen and oxygen atoms in total. The lowest BCUT2D eigenvalue weighted by atomic mass is 9.61. The highest BCUT2D eigenvalue weighted by Crippen LogP contribution is 2.59. The molecule has 110 valence electrons. The minimum absolute atomic E-state index is 0.0000567. The molecule has 3 atom stereocenters. The Bertz CT molecular complexity index is 442. The van der Waals surface area contributed by atoms with Crippen LogP contribution >= 0.6 is 0 Å². The molecule has 2 saturated carbocycles. The lowest BCUT2D eigenvalue weighted by Gasteiger charge is -2.46. The molecule has 1 spiro atoms. The molecule has 4 aliphatic rings. The van der Waals surface area contributed by atoms with Crippen LogP contribution in [0.15, 0.2) is 12.3 Å². The van der Waals surface area contributed by atoms with E-state index in [1.54, 1.807) is 0 Å². The first-order chi connectivity index (χ1) is 9.73. The Morgan fingerprint density at radius 2 is 2.15 bits per heavy atom. The average molecular weight is 278 g/mol. The molecule has 0 unspecified atom stereocenters. The normalized spacial score (nSPS) is 41.9. The molecule has 3 fully saturated rings. The molecule has 0 aromatic carbocycles. The number of fused-ring (bicyclic) bond motifs is 1. The van der Waals surface area contributed by atoms with Gasteiger partial charge < -0.3 is 14.2 Å². The third-order valence-corrected chi connectivity index (χ3v) is 5.55. The molecular formula is C16H22O4. The van der Waals surface area contributed by atoms with Crippen molar-refractivity contribution < 1.29 is 19.0 Å². The summed E-state index contributed by atoms with van der Waals surface area (Å²) in [5.74, 6) is 0.190. The monoisotopic (exact) mass is 278 g/mol. The van der Waals surface area contributed by atoms with E-state index in [1.807, 2.05) is 6.26 Å². The highest BCUT2D eigenvalue weighted by Gasteiger charge is 2.60. The fraction of sp³-hybridized carbons (Fsp3) is 0.812. The molecule has 0 radical (unpaired) electrons. The third kappa shape index (κ3) is 1.88. The van der Waals surface area contributed by atoms with Crippen molar-refractivity contribution in [2.24, 2.45) is 11.3 Å². The first kappa shape index (κ1) is 12.7. The number of carbonyl (C=O) groups is 1. The summed E-state index contributed by atoms with van der Waals surface area (Å²) in [6, 6.07) is 0. The van der Waals surface area contributed by atoms with Crippen molar-refractivity contribution in [2.45, 2.75) is 63.3 Å². The quantitative estimate of drug-likeness (QED) is 0.742. The molecule has 2 aliphatic carbocycles. The van der Waals surface area contributed by atoms with Crippen molar-refractivity contribution >= 4 is 5.97 Å². The second-order valence-electron chi connectivity index (χ2n) is 6.76. The van der Waals surface area contributed by atoms with Crippen LogP contribution in [-0.4, -0.2) is 24.5 Å². The number of hydrogen-bond acceptors (Lipinski definition) is 4. The number of rotatable bonds is 4. The van der Waals surface area contributed by atoms with E-state index in [9.17, 15) is 4.79 Å². The molecule has 20 heavy (non-hydrogen) atoms. The van der Waals surface area contributed by atoms with Gasteiger partial charge in [-0.25, -0.2) is 0 Å². The Labute approximate surface area is 119 Å². The van der Waals surface area contributed by atoms with E-state index in [-0.39, 0.29) is 29.2 Å². The van der Waals surface area contributed by atoms with Gasteiger partial charge in [0.05, 0.1) is 24.4 Å². The lowest BCUT2D eigenvalue weighted by Crippen LogP contribution is -2.47. The summed E-state index contributed by atoms with van der Waals surface area (Å²) in [6.07, 6.45) is 12.3. The molecule has 1 saturated heterocycles. The van der Waals surface area contributed by atoms with Crippen LogP contribution in [0, 0.1) is 11.3 Å². The van der Waals surface area contributed by atoms with Gasteiger partial charge in [-0.3, -0.25) is 4.79 Å². The van der Waals surface area contributed by atoms with E-state index in [0.717, 1.165) is 38.5 Å². The summed E-state index contributed by atoms with van der Waals surface area (Å²) in [5, 5.41) is 0. The first-order valence-corrected chi connectivity index (χ1v) is 7.91. The second-order valence-corrected chi connectivity index (χ2v) is 6.76. The zero-order chi connectivity index (χ0) is 13.6. The van der Waals surface area contributed by atoms with Crippen LogP contribution in [0.3, 0.4) is 0 Å². The summed E-state index contributed by atoms with van der Waals surface area (Å²) in [6.45, 7) is 0.529. The van der Waals surface area contributed by atoms with Gasteiger partial charge in [0.25, 0.3) is 0 Å². The summed E-state index contributed by atoms with van der Waals surface area (Å²) >= 11 is 0. The highest BCUT2D eigenvalue weighted by atomic mass is 16.7. The van der Waals surface area contributed by atoms with Crippen LogP contribution in [0.5, 0.6) is 0 Å². The maximum absolute atomic E-state index is 11.7. The van der Waals surface area contributed by atoms with E-state index in [1.165, 1.54) is 12.8 Å². The lowest BCUT2D eigenvalue weighted by molar-refractivity contribution is -0.166. The Kier molecular flexibility index (Phi) is 2.85. The molecule has 0 N–H and O–H groups in total. The minimum Gasteiger partial charge on any atom is -0.473 e. The van der Waals surface area contributed by atoms with Crippen molar-refractivity contribution in [1.82, 2.24) is 0 Å². The molecular weight excluding hydrogens is 256 g/mol. The molecule has 2 aliphatic heterocycles. The van der Waals surface area contributed by atoms with Gasteiger partial charge in [0, 0.05) is 11.8 Å². The summed E-state index contributed by atoms with van der Waals surface area (Å²) in [7, 11) is 0. The minimum atomic E-state index is -0.167. The van der Waals surface area contributed by atoms with Crippen LogP contribution in [0.2, 0.25) is 0 Å². The zero-order valence-electron chi connectivity index (χ0n) is 11.8. The molecule has 4 rings (SSSR count). The van der Waals surface area contributed by atoms with Crippen molar-refractivity contribution in [3.8, 4) is 0 Å². The Balaban J connectivity index is 1.46. The predicted octanol–water partition coefficient (Wildman–Crippen LogP) is 2.92. The van der Waals surface area contributed by atoms with Gasteiger partial charge in [-0.1, -0.05) is 12.8 Å². The molecule has 0 aromatic rings. The van der Waals surface area contributed by atoms with E-state index in [4.69, 9.17) is 14.2 Å².